The molecule has 25 heavy (non-hydrogen) atoms. The second kappa shape index (κ2) is 13.3. The summed E-state index contributed by atoms with van der Waals surface area (Å²) in [6, 6.07) is 7.00. The number of nitrogens with zero attached hydrogens (tertiary/aromatic N) is 1. The molecule has 0 aliphatic heterocycles. The Bertz CT molecular complexity index is 604. The first-order valence-electron chi connectivity index (χ1n) is 8.20. The topological polar surface area (TPSA) is 79.8 Å². The molecule has 0 amide bonds. The molecule has 0 spiro atoms. The van der Waals surface area contributed by atoms with Gasteiger partial charge in [-0.15, -0.1) is 24.0 Å². The summed E-state index contributed by atoms with van der Waals surface area (Å²) < 4.78 is 27.9. The largest absolute Gasteiger partial charge is 0.385 e. The molecule has 8 heteroatoms. The number of nitrogens with one attached hydrogen (secondary N) is 2. The number of hydrogen-bond acceptors (Lipinski definition) is 4. The van der Waals surface area contributed by atoms with Crippen LogP contribution in [0.15, 0.2) is 34.2 Å². The molecule has 0 aliphatic carbocycles. The van der Waals surface area contributed by atoms with E-state index in [9.17, 15) is 8.42 Å². The fourth-order valence-corrected chi connectivity index (χ4v) is 2.83. The highest BCUT2D eigenvalue weighted by Gasteiger charge is 2.06. The van der Waals surface area contributed by atoms with E-state index < -0.39 is 9.84 Å². The van der Waals surface area contributed by atoms with Gasteiger partial charge in [0.05, 0.1) is 4.90 Å². The molecule has 1 rings (SSSR count). The summed E-state index contributed by atoms with van der Waals surface area (Å²) in [5.41, 5.74) is 1.09. The molecule has 0 fully saturated rings. The summed E-state index contributed by atoms with van der Waals surface area (Å²) >= 11 is 0. The standard InChI is InChI=1S/C17H29N3O3S.HI/c1-18-17(19-12-5-4-6-14-23-2)20-13-11-15-7-9-16(10-8-15)24(3,21)22;/h7-10H,4-6,11-14H2,1-3H3,(H2,18,19,20);1H. The molecule has 6 nitrogen and oxygen atoms in total. The van der Waals surface area contributed by atoms with E-state index in [0.717, 1.165) is 56.9 Å². The summed E-state index contributed by atoms with van der Waals surface area (Å²) in [6.45, 7) is 2.43. The van der Waals surface area contributed by atoms with Crippen LogP contribution in [0.5, 0.6) is 0 Å². The molecule has 1 aromatic carbocycles. The Kier molecular flexibility index (Phi) is 12.9. The van der Waals surface area contributed by atoms with Gasteiger partial charge in [0.2, 0.25) is 0 Å². The summed E-state index contributed by atoms with van der Waals surface area (Å²) in [5, 5.41) is 6.54. The van der Waals surface area contributed by atoms with E-state index in [1.54, 1.807) is 26.3 Å². The summed E-state index contributed by atoms with van der Waals surface area (Å²) in [7, 11) is 0.343. The van der Waals surface area contributed by atoms with Gasteiger partial charge in [-0.25, -0.2) is 8.42 Å². The van der Waals surface area contributed by atoms with Crippen molar-refractivity contribution in [1.29, 1.82) is 0 Å². The fraction of sp³-hybridized carbons (Fsp3) is 0.588. The van der Waals surface area contributed by atoms with Crippen LogP contribution in [0.2, 0.25) is 0 Å². The molecule has 0 radical (unpaired) electrons. The Morgan fingerprint density at radius 1 is 1.08 bits per heavy atom. The van der Waals surface area contributed by atoms with Crippen molar-refractivity contribution in [3.63, 3.8) is 0 Å². The first-order chi connectivity index (χ1) is 11.5. The predicted molar refractivity (Wildman–Crippen MR) is 114 cm³/mol. The van der Waals surface area contributed by atoms with Crippen molar-refractivity contribution in [1.82, 2.24) is 10.6 Å². The minimum Gasteiger partial charge on any atom is -0.385 e. The molecule has 0 unspecified atom stereocenters. The smallest absolute Gasteiger partial charge is 0.190 e. The molecule has 0 atom stereocenters. The zero-order valence-corrected chi connectivity index (χ0v) is 18.4. The molecular formula is C17H30IN3O3S. The van der Waals surface area contributed by atoms with Gasteiger partial charge in [-0.05, 0) is 43.4 Å². The van der Waals surface area contributed by atoms with E-state index in [2.05, 4.69) is 15.6 Å². The summed E-state index contributed by atoms with van der Waals surface area (Å²) in [6.07, 6.45) is 5.31. The average molecular weight is 483 g/mol. The second-order valence-corrected chi connectivity index (χ2v) is 7.66. The molecule has 144 valence electrons. The summed E-state index contributed by atoms with van der Waals surface area (Å²) in [5.74, 6) is 0.787. The molecule has 0 aromatic heterocycles. The monoisotopic (exact) mass is 483 g/mol. The van der Waals surface area contributed by atoms with Crippen molar-refractivity contribution in [2.45, 2.75) is 30.6 Å². The van der Waals surface area contributed by atoms with E-state index in [0.29, 0.717) is 4.90 Å². The maximum Gasteiger partial charge on any atom is 0.190 e. The van der Waals surface area contributed by atoms with Crippen LogP contribution in [0.3, 0.4) is 0 Å². The molecule has 1 aromatic rings. The minimum atomic E-state index is -3.13. The highest BCUT2D eigenvalue weighted by molar-refractivity contribution is 14.0. The van der Waals surface area contributed by atoms with Crippen molar-refractivity contribution < 1.29 is 13.2 Å². The molecular weight excluding hydrogens is 453 g/mol. The zero-order chi connectivity index (χ0) is 17.8. The first-order valence-corrected chi connectivity index (χ1v) is 10.1. The van der Waals surface area contributed by atoms with Gasteiger partial charge in [-0.1, -0.05) is 12.1 Å². The lowest BCUT2D eigenvalue weighted by molar-refractivity contribution is 0.192. The fourth-order valence-electron chi connectivity index (χ4n) is 2.20. The Balaban J connectivity index is 0.00000576. The van der Waals surface area contributed by atoms with Gasteiger partial charge in [-0.3, -0.25) is 4.99 Å². The molecule has 0 saturated heterocycles. The number of methoxy groups -OCH3 is 1. The quantitative estimate of drug-likeness (QED) is 0.231. The molecule has 0 bridgehead atoms. The third kappa shape index (κ3) is 10.7. The average Bonchev–Trinajstić information content (AvgIpc) is 2.56. The number of guanidine groups is 1. The number of aliphatic imine (C=N–C) groups is 1. The van der Waals surface area contributed by atoms with Crippen LogP contribution in [0.4, 0.5) is 0 Å². The van der Waals surface area contributed by atoms with Crippen LogP contribution >= 0.6 is 24.0 Å². The highest BCUT2D eigenvalue weighted by Crippen LogP contribution is 2.10. The third-order valence-electron chi connectivity index (χ3n) is 3.60. The Hall–Kier alpha value is -0.870. The van der Waals surface area contributed by atoms with Gasteiger partial charge in [0.15, 0.2) is 15.8 Å². The zero-order valence-electron chi connectivity index (χ0n) is 15.2. The van der Waals surface area contributed by atoms with Crippen LogP contribution in [0.1, 0.15) is 24.8 Å². The van der Waals surface area contributed by atoms with Crippen LogP contribution in [0, 0.1) is 0 Å². The third-order valence-corrected chi connectivity index (χ3v) is 4.73. The van der Waals surface area contributed by atoms with Gasteiger partial charge >= 0.3 is 0 Å². The number of hydrogen-bond donors (Lipinski definition) is 2. The van der Waals surface area contributed by atoms with Crippen molar-refractivity contribution in [2.24, 2.45) is 4.99 Å². The highest BCUT2D eigenvalue weighted by atomic mass is 127. The normalized spacial score (nSPS) is 11.7. The van der Waals surface area contributed by atoms with Crippen LogP contribution in [-0.2, 0) is 21.0 Å². The van der Waals surface area contributed by atoms with E-state index in [1.165, 1.54) is 6.26 Å². The second-order valence-electron chi connectivity index (χ2n) is 5.65. The SMILES string of the molecule is CN=C(NCCCCCOC)NCCc1ccc(S(C)(=O)=O)cc1.I. The number of rotatable bonds is 10. The molecule has 2 N–H and O–H groups in total. The van der Waals surface area contributed by atoms with Gasteiger partial charge in [0.25, 0.3) is 0 Å². The number of halogens is 1. The minimum absolute atomic E-state index is 0. The van der Waals surface area contributed by atoms with Gasteiger partial charge < -0.3 is 15.4 Å². The Morgan fingerprint density at radius 3 is 2.28 bits per heavy atom. The van der Waals surface area contributed by atoms with Gasteiger partial charge in [0, 0.05) is 40.1 Å². The van der Waals surface area contributed by atoms with Crippen LogP contribution in [0.25, 0.3) is 0 Å². The number of benzene rings is 1. The maximum atomic E-state index is 11.4. The Labute approximate surface area is 168 Å². The van der Waals surface area contributed by atoms with E-state index in [1.807, 2.05) is 12.1 Å². The van der Waals surface area contributed by atoms with Gasteiger partial charge in [0.1, 0.15) is 0 Å². The van der Waals surface area contributed by atoms with E-state index in [-0.39, 0.29) is 24.0 Å². The molecule has 0 aliphatic rings. The number of sulfone groups is 1. The van der Waals surface area contributed by atoms with Crippen molar-refractivity contribution >= 4 is 39.8 Å². The summed E-state index contributed by atoms with van der Waals surface area (Å²) in [4.78, 5) is 4.54. The lowest BCUT2D eigenvalue weighted by Gasteiger charge is -2.12. The van der Waals surface area contributed by atoms with E-state index >= 15 is 0 Å². The number of ether oxygens (including phenoxy) is 1. The Morgan fingerprint density at radius 2 is 1.72 bits per heavy atom. The van der Waals surface area contributed by atoms with Gasteiger partial charge in [-0.2, -0.15) is 0 Å². The first kappa shape index (κ1) is 24.1. The lowest BCUT2D eigenvalue weighted by atomic mass is 10.1. The van der Waals surface area contributed by atoms with Crippen molar-refractivity contribution in [2.75, 3.05) is 40.1 Å². The van der Waals surface area contributed by atoms with Crippen LogP contribution in [-0.4, -0.2) is 54.5 Å². The van der Waals surface area contributed by atoms with Crippen molar-refractivity contribution in [3.05, 3.63) is 29.8 Å². The maximum absolute atomic E-state index is 11.4. The molecule has 0 saturated carbocycles. The van der Waals surface area contributed by atoms with Crippen molar-refractivity contribution in [3.8, 4) is 0 Å². The number of unbranched alkanes of at least 4 members (excludes halogenated alkanes) is 2. The predicted octanol–water partition coefficient (Wildman–Crippen LogP) is 2.23. The molecule has 0 heterocycles. The lowest BCUT2D eigenvalue weighted by Crippen LogP contribution is -2.38. The van der Waals surface area contributed by atoms with Crippen LogP contribution < -0.4 is 10.6 Å². The van der Waals surface area contributed by atoms with E-state index in [4.69, 9.17) is 4.74 Å².